The summed E-state index contributed by atoms with van der Waals surface area (Å²) in [7, 11) is 1.18. The molecule has 0 saturated heterocycles. The van der Waals surface area contributed by atoms with Gasteiger partial charge in [-0.05, 0) is 22.8 Å². The molecule has 0 atom stereocenters. The lowest BCUT2D eigenvalue weighted by atomic mass is 10.1. The van der Waals surface area contributed by atoms with Crippen LogP contribution in [0.15, 0.2) is 60.8 Å². The Balaban J connectivity index is 1.54. The van der Waals surface area contributed by atoms with Crippen LogP contribution in [0.5, 0.6) is 0 Å². The summed E-state index contributed by atoms with van der Waals surface area (Å²) in [6, 6.07) is 13.9. The van der Waals surface area contributed by atoms with Crippen molar-refractivity contribution >= 4 is 40.4 Å². The highest BCUT2D eigenvalue weighted by molar-refractivity contribution is 5.95. The molecule has 214 valence electrons. The number of pyridine rings is 1. The molecule has 0 aliphatic rings. The Morgan fingerprint density at radius 3 is 2.33 bits per heavy atom. The number of carboxylic acid groups (broad SMARTS) is 1. The molecule has 14 heteroatoms. The van der Waals surface area contributed by atoms with Crippen molar-refractivity contribution in [2.75, 3.05) is 23.5 Å². The molecule has 42 heavy (non-hydrogen) atoms. The van der Waals surface area contributed by atoms with E-state index < -0.39 is 23.7 Å². The summed E-state index contributed by atoms with van der Waals surface area (Å²) in [5, 5.41) is 13.5. The number of halogens is 2. The molecule has 0 aliphatic carbocycles. The molecule has 2 aromatic carbocycles. The van der Waals surface area contributed by atoms with Crippen molar-refractivity contribution in [1.29, 1.82) is 0 Å². The van der Waals surface area contributed by atoms with Crippen LogP contribution >= 0.6 is 0 Å². The van der Waals surface area contributed by atoms with E-state index in [9.17, 15) is 18.4 Å². The van der Waals surface area contributed by atoms with Gasteiger partial charge in [0.25, 0.3) is 5.95 Å². The number of nitrogen functional groups attached to an aromatic ring is 2. The lowest BCUT2D eigenvalue weighted by Crippen LogP contribution is -2.32. The smallest absolute Gasteiger partial charge is 0.414 e. The number of nitrogens with two attached hydrogens (primary N) is 2. The number of ether oxygens (including phenoxy) is 1. The number of hydrogen-bond acceptors (Lipinski definition) is 9. The van der Waals surface area contributed by atoms with E-state index in [4.69, 9.17) is 21.3 Å². The summed E-state index contributed by atoms with van der Waals surface area (Å²) >= 11 is 0. The minimum Gasteiger partial charge on any atom is -0.481 e. The maximum absolute atomic E-state index is 14.4. The molecule has 5 aromatic rings. The van der Waals surface area contributed by atoms with Crippen LogP contribution in [0.1, 0.15) is 22.4 Å². The van der Waals surface area contributed by atoms with Gasteiger partial charge in [0.05, 0.1) is 37.5 Å². The van der Waals surface area contributed by atoms with Crippen molar-refractivity contribution in [3.63, 3.8) is 0 Å². The van der Waals surface area contributed by atoms with Crippen LogP contribution in [-0.4, -0.2) is 49.0 Å². The fourth-order valence-corrected chi connectivity index (χ4v) is 4.44. The quantitative estimate of drug-likeness (QED) is 0.248. The number of amides is 1. The molecule has 0 aliphatic heterocycles. The van der Waals surface area contributed by atoms with E-state index in [-0.39, 0.29) is 48.2 Å². The van der Waals surface area contributed by atoms with E-state index in [2.05, 4.69) is 20.1 Å². The second-order valence-corrected chi connectivity index (χ2v) is 9.23. The average Bonchev–Trinajstić information content (AvgIpc) is 3.30. The topological polar surface area (TPSA) is 175 Å². The molecular weight excluding hydrogens is 550 g/mol. The van der Waals surface area contributed by atoms with Crippen LogP contribution in [0.2, 0.25) is 0 Å². The number of aromatic nitrogens is 5. The van der Waals surface area contributed by atoms with Gasteiger partial charge < -0.3 is 21.3 Å². The normalized spacial score (nSPS) is 11.0. The minimum atomic E-state index is -0.973. The maximum Gasteiger partial charge on any atom is 0.414 e. The first-order valence-corrected chi connectivity index (χ1v) is 12.5. The zero-order valence-corrected chi connectivity index (χ0v) is 22.2. The second kappa shape index (κ2) is 11.4. The summed E-state index contributed by atoms with van der Waals surface area (Å²) in [6.45, 7) is -0.0518. The molecule has 0 radical (unpaired) electrons. The molecule has 0 unspecified atom stereocenters. The average molecular weight is 575 g/mol. The number of rotatable bonds is 8. The number of anilines is 3. The Morgan fingerprint density at radius 2 is 1.69 bits per heavy atom. The van der Waals surface area contributed by atoms with Gasteiger partial charge in [0.1, 0.15) is 22.8 Å². The number of carbonyl (C=O) groups excluding carboxylic acids is 1. The van der Waals surface area contributed by atoms with E-state index >= 15 is 0 Å². The van der Waals surface area contributed by atoms with Crippen molar-refractivity contribution in [2.24, 2.45) is 0 Å². The Morgan fingerprint density at radius 1 is 1.02 bits per heavy atom. The van der Waals surface area contributed by atoms with Crippen molar-refractivity contribution < 1.29 is 28.2 Å². The van der Waals surface area contributed by atoms with Gasteiger partial charge in [0, 0.05) is 12.5 Å². The number of carbonyl (C=O) groups is 2. The Labute approximate surface area is 237 Å². The minimum absolute atomic E-state index is 0.0347. The van der Waals surface area contributed by atoms with E-state index in [0.29, 0.717) is 27.9 Å². The number of hydrogen-bond donors (Lipinski definition) is 3. The number of methoxy groups -OCH3 is 1. The lowest BCUT2D eigenvalue weighted by molar-refractivity contribution is -0.136. The molecular formula is C28H24F2N8O4. The van der Waals surface area contributed by atoms with E-state index in [0.717, 1.165) is 11.1 Å². The van der Waals surface area contributed by atoms with Crippen LogP contribution in [0.3, 0.4) is 0 Å². The molecule has 0 fully saturated rings. The number of nitrogens with zero attached hydrogens (tertiary/aromatic N) is 6. The third-order valence-corrected chi connectivity index (χ3v) is 6.37. The number of benzene rings is 2. The monoisotopic (exact) mass is 574 g/mol. The van der Waals surface area contributed by atoms with Crippen molar-refractivity contribution in [2.45, 2.75) is 19.4 Å². The SMILES string of the molecule is COC(=O)N(Cc1ccc(CC(=O)O)cc1)c1c(N)nc(-n2nc(Cc3ccccc3F)c3ncc(F)cc32)nc1N. The van der Waals surface area contributed by atoms with Gasteiger partial charge in [0.2, 0.25) is 0 Å². The van der Waals surface area contributed by atoms with Gasteiger partial charge in [-0.1, -0.05) is 42.5 Å². The van der Waals surface area contributed by atoms with Gasteiger partial charge in [-0.2, -0.15) is 19.7 Å². The predicted octanol–water partition coefficient (Wildman–Crippen LogP) is 3.64. The Bertz CT molecular complexity index is 1790. The van der Waals surface area contributed by atoms with Gasteiger partial charge in [0.15, 0.2) is 11.6 Å². The van der Waals surface area contributed by atoms with Crippen LogP contribution in [0.4, 0.5) is 30.9 Å². The van der Waals surface area contributed by atoms with Crippen LogP contribution in [-0.2, 0) is 28.9 Å². The molecule has 12 nitrogen and oxygen atoms in total. The van der Waals surface area contributed by atoms with Crippen molar-refractivity contribution in [1.82, 2.24) is 24.7 Å². The summed E-state index contributed by atoms with van der Waals surface area (Å²) in [5.41, 5.74) is 14.9. The number of carboxylic acids is 1. The first-order chi connectivity index (χ1) is 20.1. The fraction of sp³-hybridized carbons (Fsp3) is 0.143. The largest absolute Gasteiger partial charge is 0.481 e. The Hall–Kier alpha value is -5.66. The first kappa shape index (κ1) is 27.9. The van der Waals surface area contributed by atoms with Gasteiger partial charge in [-0.15, -0.1) is 0 Å². The summed E-state index contributed by atoms with van der Waals surface area (Å²) in [6.07, 6.45) is 0.121. The fourth-order valence-electron chi connectivity index (χ4n) is 4.44. The van der Waals surface area contributed by atoms with Crippen LogP contribution < -0.4 is 16.4 Å². The van der Waals surface area contributed by atoms with Gasteiger partial charge in [-0.3, -0.25) is 9.69 Å². The maximum atomic E-state index is 14.4. The molecule has 3 aromatic heterocycles. The second-order valence-electron chi connectivity index (χ2n) is 9.23. The third-order valence-electron chi connectivity index (χ3n) is 6.37. The zero-order valence-electron chi connectivity index (χ0n) is 22.2. The molecule has 1 amide bonds. The van der Waals surface area contributed by atoms with Crippen molar-refractivity contribution in [3.8, 4) is 5.95 Å². The first-order valence-electron chi connectivity index (χ1n) is 12.5. The molecule has 0 saturated carbocycles. The van der Waals surface area contributed by atoms with Crippen LogP contribution in [0, 0.1) is 11.6 Å². The van der Waals surface area contributed by atoms with E-state index in [1.54, 1.807) is 42.5 Å². The van der Waals surface area contributed by atoms with Crippen LogP contribution in [0.25, 0.3) is 17.0 Å². The van der Waals surface area contributed by atoms with Crippen molar-refractivity contribution in [3.05, 3.63) is 94.8 Å². The summed E-state index contributed by atoms with van der Waals surface area (Å²) in [5.74, 6) is -2.59. The lowest BCUT2D eigenvalue weighted by Gasteiger charge is -2.23. The Kier molecular flexibility index (Phi) is 7.60. The molecule has 0 bridgehead atoms. The third kappa shape index (κ3) is 5.63. The highest BCUT2D eigenvalue weighted by Crippen LogP contribution is 2.32. The van der Waals surface area contributed by atoms with Gasteiger partial charge in [-0.25, -0.2) is 18.6 Å². The number of aliphatic carboxylic acids is 1. The summed E-state index contributed by atoms with van der Waals surface area (Å²) < 4.78 is 34.7. The molecule has 3 heterocycles. The molecule has 5 N–H and O–H groups in total. The molecule has 5 rings (SSSR count). The van der Waals surface area contributed by atoms with E-state index in [1.165, 1.54) is 23.9 Å². The summed E-state index contributed by atoms with van der Waals surface area (Å²) in [4.78, 5) is 37.6. The zero-order chi connectivity index (χ0) is 30.0. The van der Waals surface area contributed by atoms with Gasteiger partial charge >= 0.3 is 12.1 Å². The van der Waals surface area contributed by atoms with E-state index in [1.807, 2.05) is 0 Å². The highest BCUT2D eigenvalue weighted by Gasteiger charge is 2.26. The molecule has 0 spiro atoms. The highest BCUT2D eigenvalue weighted by atomic mass is 19.1. The number of fused-ring (bicyclic) bond motifs is 1. The standard InChI is InChI=1S/C28H24F2N8O4/c1-42-28(41)37(14-16-8-6-15(7-9-16)10-22(39)40)24-25(31)34-27(35-26(24)32)38-21-12-18(29)13-33-23(21)20(36-38)11-17-4-2-3-5-19(17)30/h2-9,12-13H,10-11,14H2,1H3,(H,39,40)(H4,31,32,34,35). The predicted molar refractivity (Wildman–Crippen MR) is 149 cm³/mol.